The van der Waals surface area contributed by atoms with E-state index in [1.807, 2.05) is 0 Å². The highest BCUT2D eigenvalue weighted by molar-refractivity contribution is 5.48. The molecule has 0 aliphatic carbocycles. The molecule has 1 fully saturated rings. The van der Waals surface area contributed by atoms with Gasteiger partial charge in [-0.3, -0.25) is 0 Å². The second-order valence-electron chi connectivity index (χ2n) is 6.05. The Morgan fingerprint density at radius 1 is 1.26 bits per heavy atom. The maximum atomic E-state index is 3.55. The molecule has 106 valence electrons. The predicted octanol–water partition coefficient (Wildman–Crippen LogP) is 3.64. The van der Waals surface area contributed by atoms with Gasteiger partial charge in [0.05, 0.1) is 0 Å². The van der Waals surface area contributed by atoms with Crippen LogP contribution in [0.4, 0.5) is 5.69 Å². The number of hydrogen-bond donors (Lipinski definition) is 1. The van der Waals surface area contributed by atoms with Gasteiger partial charge in [0.25, 0.3) is 0 Å². The van der Waals surface area contributed by atoms with Crippen LogP contribution in [0.3, 0.4) is 0 Å². The van der Waals surface area contributed by atoms with E-state index in [0.717, 1.165) is 12.5 Å². The topological polar surface area (TPSA) is 15.3 Å². The molecule has 1 saturated heterocycles. The third-order valence-corrected chi connectivity index (χ3v) is 4.07. The molecule has 1 heterocycles. The number of rotatable bonds is 6. The fourth-order valence-corrected chi connectivity index (χ4v) is 2.79. The molecule has 1 aliphatic heterocycles. The van der Waals surface area contributed by atoms with E-state index in [0.29, 0.717) is 5.92 Å². The number of benzene rings is 1. The normalized spacial score (nSPS) is 19.4. The van der Waals surface area contributed by atoms with Crippen LogP contribution in [0, 0.1) is 5.92 Å². The van der Waals surface area contributed by atoms with Crippen LogP contribution in [0.1, 0.15) is 45.1 Å². The van der Waals surface area contributed by atoms with Crippen LogP contribution < -0.4 is 10.2 Å². The third-order valence-electron chi connectivity index (χ3n) is 4.07. The van der Waals surface area contributed by atoms with Crippen molar-refractivity contribution in [3.8, 4) is 0 Å². The second-order valence-corrected chi connectivity index (χ2v) is 6.05. The molecule has 2 nitrogen and oxygen atoms in total. The van der Waals surface area contributed by atoms with Gasteiger partial charge in [-0.1, -0.05) is 32.9 Å². The Bertz CT molecular complexity index is 369. The highest BCUT2D eigenvalue weighted by Crippen LogP contribution is 2.25. The molecule has 19 heavy (non-hydrogen) atoms. The maximum Gasteiger partial charge on any atom is 0.0366 e. The highest BCUT2D eigenvalue weighted by atomic mass is 15.2. The Morgan fingerprint density at radius 3 is 2.63 bits per heavy atom. The van der Waals surface area contributed by atoms with E-state index in [9.17, 15) is 0 Å². The summed E-state index contributed by atoms with van der Waals surface area (Å²) in [5, 5.41) is 3.55. The Balaban J connectivity index is 1.86. The standard InChI is InChI=1S/C17H28N2/c1-4-10-18-12-15-9-11-19(13-15)17-7-5-16(6-8-17)14(2)3/h5-8,14-15,18H,4,9-13H2,1-3H3. The Kier molecular flexibility index (Phi) is 5.26. The van der Waals surface area contributed by atoms with E-state index < -0.39 is 0 Å². The van der Waals surface area contributed by atoms with Gasteiger partial charge >= 0.3 is 0 Å². The van der Waals surface area contributed by atoms with Gasteiger partial charge < -0.3 is 10.2 Å². The Hall–Kier alpha value is -1.02. The lowest BCUT2D eigenvalue weighted by molar-refractivity contribution is 0.516. The number of hydrogen-bond acceptors (Lipinski definition) is 2. The van der Waals surface area contributed by atoms with Gasteiger partial charge in [0.1, 0.15) is 0 Å². The summed E-state index contributed by atoms with van der Waals surface area (Å²) in [7, 11) is 0. The predicted molar refractivity (Wildman–Crippen MR) is 84.0 cm³/mol. The van der Waals surface area contributed by atoms with Crippen LogP contribution in [0.15, 0.2) is 24.3 Å². The molecule has 0 radical (unpaired) electrons. The maximum absolute atomic E-state index is 3.55. The number of anilines is 1. The molecule has 0 aromatic heterocycles. The van der Waals surface area contributed by atoms with Crippen LogP contribution in [0.2, 0.25) is 0 Å². The summed E-state index contributed by atoms with van der Waals surface area (Å²) in [6.45, 7) is 11.5. The smallest absolute Gasteiger partial charge is 0.0366 e. The van der Waals surface area contributed by atoms with Crippen molar-refractivity contribution in [1.82, 2.24) is 5.32 Å². The summed E-state index contributed by atoms with van der Waals surface area (Å²) in [5.74, 6) is 1.44. The molecule has 0 amide bonds. The number of nitrogens with zero attached hydrogens (tertiary/aromatic N) is 1. The molecule has 0 spiro atoms. The molecule has 1 N–H and O–H groups in total. The Labute approximate surface area is 118 Å². The molecular weight excluding hydrogens is 232 g/mol. The lowest BCUT2D eigenvalue weighted by Crippen LogP contribution is -2.26. The summed E-state index contributed by atoms with van der Waals surface area (Å²) in [5.41, 5.74) is 2.83. The SMILES string of the molecule is CCCNCC1CCN(c2ccc(C(C)C)cc2)C1. The van der Waals surface area contributed by atoms with Crippen molar-refractivity contribution < 1.29 is 0 Å². The second kappa shape index (κ2) is 6.95. The Morgan fingerprint density at radius 2 is 2.00 bits per heavy atom. The van der Waals surface area contributed by atoms with Gasteiger partial charge in [0.2, 0.25) is 0 Å². The minimum absolute atomic E-state index is 0.624. The van der Waals surface area contributed by atoms with Crippen LogP contribution in [-0.2, 0) is 0 Å². The number of nitrogens with one attached hydrogen (secondary N) is 1. The minimum Gasteiger partial charge on any atom is -0.371 e. The summed E-state index contributed by atoms with van der Waals surface area (Å²) in [6, 6.07) is 9.14. The fraction of sp³-hybridized carbons (Fsp3) is 0.647. The molecule has 2 heteroatoms. The zero-order valence-corrected chi connectivity index (χ0v) is 12.7. The van der Waals surface area contributed by atoms with Crippen molar-refractivity contribution in [2.45, 2.75) is 39.5 Å². The van der Waals surface area contributed by atoms with E-state index in [2.05, 4.69) is 55.3 Å². The average molecular weight is 260 g/mol. The molecular formula is C17H28N2. The van der Waals surface area contributed by atoms with Crippen molar-refractivity contribution in [3.05, 3.63) is 29.8 Å². The molecule has 2 rings (SSSR count). The first-order chi connectivity index (χ1) is 9.20. The first-order valence-electron chi connectivity index (χ1n) is 7.76. The van der Waals surface area contributed by atoms with Crippen LogP contribution >= 0.6 is 0 Å². The summed E-state index contributed by atoms with van der Waals surface area (Å²) < 4.78 is 0. The zero-order chi connectivity index (χ0) is 13.7. The van der Waals surface area contributed by atoms with Crippen molar-refractivity contribution in [2.24, 2.45) is 5.92 Å². The van der Waals surface area contributed by atoms with E-state index >= 15 is 0 Å². The van der Waals surface area contributed by atoms with E-state index in [-0.39, 0.29) is 0 Å². The van der Waals surface area contributed by atoms with Crippen molar-refractivity contribution in [1.29, 1.82) is 0 Å². The van der Waals surface area contributed by atoms with Gasteiger partial charge in [-0.15, -0.1) is 0 Å². The van der Waals surface area contributed by atoms with E-state index in [1.54, 1.807) is 0 Å². The van der Waals surface area contributed by atoms with Crippen molar-refractivity contribution in [3.63, 3.8) is 0 Å². The largest absolute Gasteiger partial charge is 0.371 e. The van der Waals surface area contributed by atoms with Crippen molar-refractivity contribution in [2.75, 3.05) is 31.1 Å². The lowest BCUT2D eigenvalue weighted by atomic mass is 10.0. The van der Waals surface area contributed by atoms with Crippen LogP contribution in [-0.4, -0.2) is 26.2 Å². The van der Waals surface area contributed by atoms with Gasteiger partial charge in [0, 0.05) is 18.8 Å². The van der Waals surface area contributed by atoms with Crippen LogP contribution in [0.25, 0.3) is 0 Å². The quantitative estimate of drug-likeness (QED) is 0.786. The van der Waals surface area contributed by atoms with Gasteiger partial charge in [0.15, 0.2) is 0 Å². The molecule has 1 atom stereocenters. The summed E-state index contributed by atoms with van der Waals surface area (Å²) in [4.78, 5) is 2.53. The summed E-state index contributed by atoms with van der Waals surface area (Å²) in [6.07, 6.45) is 2.55. The molecule has 0 saturated carbocycles. The van der Waals surface area contributed by atoms with Gasteiger partial charge in [-0.25, -0.2) is 0 Å². The molecule has 1 unspecified atom stereocenters. The molecule has 1 aliphatic rings. The van der Waals surface area contributed by atoms with Gasteiger partial charge in [-0.05, 0) is 55.5 Å². The molecule has 1 aromatic rings. The third kappa shape index (κ3) is 3.97. The minimum atomic E-state index is 0.624. The van der Waals surface area contributed by atoms with E-state index in [1.165, 1.54) is 43.7 Å². The zero-order valence-electron chi connectivity index (χ0n) is 12.7. The first kappa shape index (κ1) is 14.4. The average Bonchev–Trinajstić information content (AvgIpc) is 2.88. The monoisotopic (exact) mass is 260 g/mol. The summed E-state index contributed by atoms with van der Waals surface area (Å²) >= 11 is 0. The fourth-order valence-electron chi connectivity index (χ4n) is 2.79. The van der Waals surface area contributed by atoms with Crippen LogP contribution in [0.5, 0.6) is 0 Å². The molecule has 0 bridgehead atoms. The van der Waals surface area contributed by atoms with E-state index in [4.69, 9.17) is 0 Å². The first-order valence-corrected chi connectivity index (χ1v) is 7.76. The molecule has 1 aromatic carbocycles. The van der Waals surface area contributed by atoms with Gasteiger partial charge in [-0.2, -0.15) is 0 Å². The highest BCUT2D eigenvalue weighted by Gasteiger charge is 2.22. The lowest BCUT2D eigenvalue weighted by Gasteiger charge is -2.19. The van der Waals surface area contributed by atoms with Crippen molar-refractivity contribution >= 4 is 5.69 Å².